The van der Waals surface area contributed by atoms with Gasteiger partial charge in [-0.15, -0.1) is 0 Å². The normalized spacial score (nSPS) is 11.4. The molecule has 11 heteroatoms. The minimum Gasteiger partial charge on any atom is -0.348 e. The Bertz CT molecular complexity index is 1820. The molecule has 0 aliphatic rings. The number of aromatic nitrogens is 6. The van der Waals surface area contributed by atoms with Crippen molar-refractivity contribution in [2.75, 3.05) is 5.32 Å². The van der Waals surface area contributed by atoms with Crippen LogP contribution in [0.15, 0.2) is 47.5 Å². The van der Waals surface area contributed by atoms with Crippen molar-refractivity contribution in [3.05, 3.63) is 69.4 Å². The number of rotatable bonds is 6. The van der Waals surface area contributed by atoms with Crippen molar-refractivity contribution in [3.63, 3.8) is 0 Å². The minimum atomic E-state index is -0.503. The number of nitrogens with zero attached hydrogens (tertiary/aromatic N) is 7. The van der Waals surface area contributed by atoms with E-state index in [1.165, 1.54) is 11.5 Å². The molecule has 0 spiro atoms. The van der Waals surface area contributed by atoms with E-state index in [4.69, 9.17) is 16.7 Å². The Labute approximate surface area is 223 Å². The SMILES string of the molecule is CC(=O)Nc1nc(=O)n(CC(C)C)c2nn(Cc3ccnc4c(Cl)cccc34)c(-c3cc(C#N)cn3C)c12. The van der Waals surface area contributed by atoms with Gasteiger partial charge in [0, 0.05) is 38.3 Å². The number of nitrogens with one attached hydrogen (secondary N) is 1. The van der Waals surface area contributed by atoms with Gasteiger partial charge in [-0.3, -0.25) is 19.0 Å². The molecule has 0 unspecified atom stereocenters. The van der Waals surface area contributed by atoms with Crippen molar-refractivity contribution >= 4 is 45.3 Å². The van der Waals surface area contributed by atoms with Crippen LogP contribution in [0.4, 0.5) is 5.82 Å². The maximum atomic E-state index is 13.1. The average Bonchev–Trinajstić information content (AvgIpc) is 3.41. The van der Waals surface area contributed by atoms with Crippen LogP contribution in [0.2, 0.25) is 5.02 Å². The number of pyridine rings is 1. The van der Waals surface area contributed by atoms with Crippen molar-refractivity contribution in [2.45, 2.75) is 33.9 Å². The largest absolute Gasteiger partial charge is 0.351 e. The molecule has 0 radical (unpaired) electrons. The third kappa shape index (κ3) is 4.41. The molecule has 10 nitrogen and oxygen atoms in total. The lowest BCUT2D eigenvalue weighted by atomic mass is 10.1. The van der Waals surface area contributed by atoms with E-state index < -0.39 is 5.69 Å². The molecule has 0 aliphatic heterocycles. The zero-order valence-corrected chi connectivity index (χ0v) is 22.1. The van der Waals surface area contributed by atoms with Gasteiger partial charge in [-0.2, -0.15) is 15.3 Å². The summed E-state index contributed by atoms with van der Waals surface area (Å²) in [6, 6.07) is 11.4. The quantitative estimate of drug-likeness (QED) is 0.350. The van der Waals surface area contributed by atoms with Crippen LogP contribution in [0, 0.1) is 17.2 Å². The lowest BCUT2D eigenvalue weighted by Gasteiger charge is -2.13. The highest BCUT2D eigenvalue weighted by atomic mass is 35.5. The van der Waals surface area contributed by atoms with Gasteiger partial charge in [0.05, 0.1) is 39.4 Å². The highest BCUT2D eigenvalue weighted by Gasteiger charge is 2.25. The molecule has 5 aromatic rings. The van der Waals surface area contributed by atoms with Crippen molar-refractivity contribution < 1.29 is 4.79 Å². The first kappa shape index (κ1) is 25.2. The monoisotopic (exact) mass is 528 g/mol. The Hall–Kier alpha value is -4.49. The molecule has 0 saturated heterocycles. The van der Waals surface area contributed by atoms with Gasteiger partial charge >= 0.3 is 5.69 Å². The fraction of sp³-hybridized carbons (Fsp3) is 0.259. The lowest BCUT2D eigenvalue weighted by Crippen LogP contribution is -2.27. The number of aryl methyl sites for hydroxylation is 1. The van der Waals surface area contributed by atoms with E-state index in [0.717, 1.165) is 10.9 Å². The smallest absolute Gasteiger partial charge is 0.348 e. The molecule has 0 aliphatic carbocycles. The first-order chi connectivity index (χ1) is 18.2. The van der Waals surface area contributed by atoms with Gasteiger partial charge < -0.3 is 9.88 Å². The third-order valence-corrected chi connectivity index (χ3v) is 6.52. The predicted octanol–water partition coefficient (Wildman–Crippen LogP) is 4.33. The standard InChI is InChI=1S/C27H25ClN8O2/c1-15(2)12-35-26-22(25(31-16(3)37)32-27(35)38)24(21-10-17(11-29)13-34(21)4)36(33-26)14-18-8-9-30-23-19(18)6-5-7-20(23)28/h5-10,13,15H,12,14H2,1-4H3,(H,31,32,37,38). The summed E-state index contributed by atoms with van der Waals surface area (Å²) < 4.78 is 5.13. The Balaban J connectivity index is 1.87. The number of para-hydroxylation sites is 1. The van der Waals surface area contributed by atoms with Crippen LogP contribution in [-0.4, -0.2) is 34.8 Å². The number of nitriles is 1. The van der Waals surface area contributed by atoms with E-state index in [0.29, 0.717) is 51.6 Å². The maximum Gasteiger partial charge on any atom is 0.351 e. The van der Waals surface area contributed by atoms with Crippen molar-refractivity contribution in [3.8, 4) is 17.5 Å². The molecule has 192 valence electrons. The number of fused-ring (bicyclic) bond motifs is 2. The molecule has 0 saturated carbocycles. The zero-order chi connectivity index (χ0) is 27.1. The van der Waals surface area contributed by atoms with Crippen LogP contribution in [0.3, 0.4) is 0 Å². The summed E-state index contributed by atoms with van der Waals surface area (Å²) in [4.78, 5) is 33.9. The van der Waals surface area contributed by atoms with Crippen molar-refractivity contribution in [1.29, 1.82) is 5.26 Å². The van der Waals surface area contributed by atoms with E-state index in [2.05, 4.69) is 21.4 Å². The summed E-state index contributed by atoms with van der Waals surface area (Å²) in [5.74, 6) is -0.0941. The van der Waals surface area contributed by atoms with Gasteiger partial charge in [0.2, 0.25) is 5.91 Å². The predicted molar refractivity (Wildman–Crippen MR) is 146 cm³/mol. The molecule has 38 heavy (non-hydrogen) atoms. The summed E-state index contributed by atoms with van der Waals surface area (Å²) in [6.45, 7) is 6.07. The molecule has 1 aromatic carbocycles. The highest BCUT2D eigenvalue weighted by molar-refractivity contribution is 6.35. The summed E-state index contributed by atoms with van der Waals surface area (Å²) in [5, 5.41) is 19.1. The van der Waals surface area contributed by atoms with E-state index in [1.807, 2.05) is 43.7 Å². The third-order valence-electron chi connectivity index (χ3n) is 6.22. The molecule has 0 atom stereocenters. The second-order valence-electron chi connectivity index (χ2n) is 9.58. The summed E-state index contributed by atoms with van der Waals surface area (Å²) >= 11 is 6.41. The Morgan fingerprint density at radius 1 is 1.26 bits per heavy atom. The Morgan fingerprint density at radius 2 is 2.05 bits per heavy atom. The summed E-state index contributed by atoms with van der Waals surface area (Å²) in [5.41, 5.74) is 3.24. The number of hydrogen-bond acceptors (Lipinski definition) is 6. The van der Waals surface area contributed by atoms with E-state index >= 15 is 0 Å². The number of carbonyl (C=O) groups excluding carboxylic acids is 1. The molecule has 0 bridgehead atoms. The van der Waals surface area contributed by atoms with Crippen LogP contribution in [0.25, 0.3) is 33.3 Å². The van der Waals surface area contributed by atoms with Gasteiger partial charge in [-0.25, -0.2) is 4.79 Å². The Kier molecular flexibility index (Phi) is 6.46. The number of benzene rings is 1. The molecule has 1 amide bonds. The molecule has 5 rings (SSSR count). The number of halogens is 1. The van der Waals surface area contributed by atoms with Crippen LogP contribution in [-0.2, 0) is 24.9 Å². The highest BCUT2D eigenvalue weighted by Crippen LogP contribution is 2.35. The topological polar surface area (TPSA) is 123 Å². The van der Waals surface area contributed by atoms with E-state index in [-0.39, 0.29) is 17.6 Å². The number of anilines is 1. The van der Waals surface area contributed by atoms with Crippen LogP contribution < -0.4 is 11.0 Å². The molecular formula is C27H25ClN8O2. The molecule has 4 aromatic heterocycles. The molecule has 1 N–H and O–H groups in total. The van der Waals surface area contributed by atoms with Gasteiger partial charge in [-0.05, 0) is 29.7 Å². The van der Waals surface area contributed by atoms with Crippen molar-refractivity contribution in [1.82, 2.24) is 28.9 Å². The number of carbonyl (C=O) groups is 1. The number of amides is 1. The maximum absolute atomic E-state index is 13.1. The van der Waals surface area contributed by atoms with Gasteiger partial charge in [0.15, 0.2) is 11.5 Å². The molecule has 4 heterocycles. The fourth-order valence-corrected chi connectivity index (χ4v) is 4.90. The summed E-state index contributed by atoms with van der Waals surface area (Å²) in [6.07, 6.45) is 3.41. The lowest BCUT2D eigenvalue weighted by molar-refractivity contribution is -0.114. The van der Waals surface area contributed by atoms with Crippen LogP contribution in [0.5, 0.6) is 0 Å². The average molecular weight is 529 g/mol. The van der Waals surface area contributed by atoms with E-state index in [1.54, 1.807) is 29.2 Å². The fourth-order valence-electron chi connectivity index (χ4n) is 4.68. The molecular weight excluding hydrogens is 504 g/mol. The van der Waals surface area contributed by atoms with Gasteiger partial charge in [-0.1, -0.05) is 37.6 Å². The first-order valence-electron chi connectivity index (χ1n) is 12.1. The van der Waals surface area contributed by atoms with Crippen LogP contribution >= 0.6 is 11.6 Å². The van der Waals surface area contributed by atoms with Gasteiger partial charge in [0.25, 0.3) is 0 Å². The zero-order valence-electron chi connectivity index (χ0n) is 21.4. The number of hydrogen-bond donors (Lipinski definition) is 1. The van der Waals surface area contributed by atoms with Crippen LogP contribution in [0.1, 0.15) is 31.9 Å². The second kappa shape index (κ2) is 9.76. The van der Waals surface area contributed by atoms with Gasteiger partial charge in [0.1, 0.15) is 6.07 Å². The first-order valence-corrected chi connectivity index (χ1v) is 12.4. The summed E-state index contributed by atoms with van der Waals surface area (Å²) in [7, 11) is 1.83. The Morgan fingerprint density at radius 3 is 2.74 bits per heavy atom. The van der Waals surface area contributed by atoms with E-state index in [9.17, 15) is 14.9 Å². The van der Waals surface area contributed by atoms with Crippen molar-refractivity contribution in [2.24, 2.45) is 13.0 Å². The second-order valence-corrected chi connectivity index (χ2v) is 9.98. The molecule has 0 fully saturated rings. The minimum absolute atomic E-state index is 0.126.